The highest BCUT2D eigenvalue weighted by molar-refractivity contribution is 7.66. The van der Waals surface area contributed by atoms with Crippen molar-refractivity contribution in [3.63, 3.8) is 0 Å². The third-order valence-corrected chi connectivity index (χ3v) is 9.10. The highest BCUT2D eigenvalue weighted by atomic mass is 31.1. The first-order valence-corrected chi connectivity index (χ1v) is 13.1. The molecule has 154 valence electrons. The second kappa shape index (κ2) is 8.05. The first kappa shape index (κ1) is 19.5. The van der Waals surface area contributed by atoms with Crippen LogP contribution in [0.1, 0.15) is 22.3 Å². The topological polar surface area (TPSA) is 0 Å². The molecule has 0 amide bonds. The van der Waals surface area contributed by atoms with Crippen molar-refractivity contribution in [1.82, 2.24) is 0 Å². The predicted molar refractivity (Wildman–Crippen MR) is 140 cm³/mol. The molecule has 0 spiro atoms. The summed E-state index contributed by atoms with van der Waals surface area (Å²) in [5.41, 5.74) is 11.1. The largest absolute Gasteiger partial charge is 0.0622 e. The van der Waals surface area contributed by atoms with Crippen LogP contribution < -0.4 is 0 Å². The summed E-state index contributed by atoms with van der Waals surface area (Å²) in [6.07, 6.45) is 7.11. The molecule has 0 nitrogen and oxygen atoms in total. The van der Waals surface area contributed by atoms with Crippen molar-refractivity contribution < 1.29 is 0 Å². The molecule has 32 heavy (non-hydrogen) atoms. The van der Waals surface area contributed by atoms with Crippen molar-refractivity contribution in [3.8, 4) is 22.3 Å². The molecule has 2 aliphatic rings. The van der Waals surface area contributed by atoms with Crippen LogP contribution in [0.5, 0.6) is 0 Å². The van der Waals surface area contributed by atoms with Crippen LogP contribution in [0.4, 0.5) is 0 Å². The highest BCUT2D eigenvalue weighted by Crippen LogP contribution is 2.57. The molecule has 2 aliphatic carbocycles. The van der Waals surface area contributed by atoms with Gasteiger partial charge in [0.05, 0.1) is 0 Å². The molecule has 1 atom stereocenters. The van der Waals surface area contributed by atoms with Crippen molar-refractivity contribution in [3.05, 3.63) is 130 Å². The lowest BCUT2D eigenvalue weighted by atomic mass is 9.97. The van der Waals surface area contributed by atoms with Gasteiger partial charge in [0.15, 0.2) is 0 Å². The van der Waals surface area contributed by atoms with E-state index >= 15 is 0 Å². The molecular weight excluding hydrogens is 403 g/mol. The van der Waals surface area contributed by atoms with Gasteiger partial charge in [-0.05, 0) is 80.7 Å². The van der Waals surface area contributed by atoms with Gasteiger partial charge in [-0.15, -0.1) is 0 Å². The maximum Gasteiger partial charge on any atom is -0.000596 e. The molecule has 0 saturated carbocycles. The molecule has 1 heteroatoms. The lowest BCUT2D eigenvalue weighted by Gasteiger charge is -2.16. The predicted octanol–water partition coefficient (Wildman–Crippen LogP) is 8.63. The van der Waals surface area contributed by atoms with Crippen LogP contribution in [0.15, 0.2) is 108 Å². The average molecular weight is 429 g/mol. The minimum absolute atomic E-state index is 0.316. The summed E-state index contributed by atoms with van der Waals surface area (Å²) in [5, 5.41) is 3.19. The van der Waals surface area contributed by atoms with Crippen molar-refractivity contribution >= 4 is 20.1 Å². The molecule has 0 aliphatic heterocycles. The van der Waals surface area contributed by atoms with Crippen LogP contribution >= 0.6 is 7.92 Å². The fraction of sp³-hybridized carbons (Fsp3) is 0.0968. The Bertz CT molecular complexity index is 1360. The quantitative estimate of drug-likeness (QED) is 0.285. The van der Waals surface area contributed by atoms with E-state index in [1.165, 1.54) is 44.5 Å². The Kier molecular flexibility index (Phi) is 4.90. The lowest BCUT2D eigenvalue weighted by molar-refractivity contribution is 1.26. The molecule has 0 radical (unpaired) electrons. The number of fused-ring (bicyclic) bond motifs is 2. The van der Waals surface area contributed by atoms with Gasteiger partial charge < -0.3 is 0 Å². The van der Waals surface area contributed by atoms with Crippen LogP contribution in [0.25, 0.3) is 34.4 Å². The third-order valence-electron chi connectivity index (χ3n) is 6.80. The van der Waals surface area contributed by atoms with Gasteiger partial charge in [0.2, 0.25) is 0 Å². The van der Waals surface area contributed by atoms with E-state index < -0.39 is 0 Å². The summed E-state index contributed by atoms with van der Waals surface area (Å²) in [7, 11) is -0.316. The van der Waals surface area contributed by atoms with Crippen molar-refractivity contribution in [2.75, 3.05) is 6.66 Å². The summed E-state index contributed by atoms with van der Waals surface area (Å²) >= 11 is 0. The van der Waals surface area contributed by atoms with E-state index in [4.69, 9.17) is 0 Å². The second-order valence-electron chi connectivity index (χ2n) is 8.67. The number of allylic oxidation sites excluding steroid dienone is 2. The van der Waals surface area contributed by atoms with Gasteiger partial charge in [0.1, 0.15) is 0 Å². The van der Waals surface area contributed by atoms with Gasteiger partial charge in [-0.25, -0.2) is 0 Å². The number of benzene rings is 4. The summed E-state index contributed by atoms with van der Waals surface area (Å²) in [6, 6.07) is 35.2. The fourth-order valence-corrected chi connectivity index (χ4v) is 6.90. The standard InChI is InChI=1S/C31H25P/c1-32(26-18-24-14-8-16-28(30(24)20-26)22-10-4-2-5-11-22)27-19-25-15-9-17-29(31(25)21-27)23-12-6-3-7-13-23/h2-18,21H,19-20H2,1H3. The van der Waals surface area contributed by atoms with Crippen molar-refractivity contribution in [1.29, 1.82) is 0 Å². The highest BCUT2D eigenvalue weighted by Gasteiger charge is 2.26. The lowest BCUT2D eigenvalue weighted by Crippen LogP contribution is -1.91. The first-order chi connectivity index (χ1) is 15.8. The van der Waals surface area contributed by atoms with E-state index in [2.05, 4.69) is 116 Å². The first-order valence-electron chi connectivity index (χ1n) is 11.3. The second-order valence-corrected chi connectivity index (χ2v) is 10.9. The third kappa shape index (κ3) is 3.36. The summed E-state index contributed by atoms with van der Waals surface area (Å²) < 4.78 is 0. The Morgan fingerprint density at radius 1 is 0.562 bits per heavy atom. The Balaban J connectivity index is 1.31. The molecule has 0 saturated heterocycles. The van der Waals surface area contributed by atoms with Gasteiger partial charge in [-0.1, -0.05) is 111 Å². The monoisotopic (exact) mass is 428 g/mol. The van der Waals surface area contributed by atoms with Gasteiger partial charge >= 0.3 is 0 Å². The van der Waals surface area contributed by atoms with Crippen LogP contribution in [0.3, 0.4) is 0 Å². The molecule has 4 aromatic rings. The van der Waals surface area contributed by atoms with Crippen LogP contribution in [-0.4, -0.2) is 6.66 Å². The smallest absolute Gasteiger partial charge is 0.000596 e. The van der Waals surface area contributed by atoms with E-state index in [1.54, 1.807) is 10.6 Å². The van der Waals surface area contributed by atoms with E-state index in [0.29, 0.717) is 0 Å². The molecule has 0 N–H and O–H groups in total. The Hall–Kier alpha value is -3.21. The zero-order valence-electron chi connectivity index (χ0n) is 18.3. The average Bonchev–Trinajstić information content (AvgIpc) is 3.49. The number of hydrogen-bond donors (Lipinski definition) is 0. The van der Waals surface area contributed by atoms with Crippen molar-refractivity contribution in [2.24, 2.45) is 0 Å². The maximum atomic E-state index is 2.49. The molecule has 0 aromatic heterocycles. The zero-order valence-corrected chi connectivity index (χ0v) is 19.1. The molecule has 4 aromatic carbocycles. The van der Waals surface area contributed by atoms with Gasteiger partial charge in [-0.3, -0.25) is 0 Å². The van der Waals surface area contributed by atoms with Crippen molar-refractivity contribution in [2.45, 2.75) is 12.8 Å². The Morgan fingerprint density at radius 2 is 1.19 bits per heavy atom. The summed E-state index contributed by atoms with van der Waals surface area (Å²) in [4.78, 5) is 0. The molecular formula is C31H25P. The van der Waals surface area contributed by atoms with E-state index in [1.807, 2.05) is 0 Å². The zero-order chi connectivity index (χ0) is 21.5. The minimum Gasteiger partial charge on any atom is -0.0622 e. The van der Waals surface area contributed by atoms with Gasteiger partial charge in [-0.2, -0.15) is 0 Å². The molecule has 0 bridgehead atoms. The Morgan fingerprint density at radius 3 is 1.94 bits per heavy atom. The van der Waals surface area contributed by atoms with Gasteiger partial charge in [0, 0.05) is 0 Å². The minimum atomic E-state index is -0.316. The summed E-state index contributed by atoms with van der Waals surface area (Å²) in [6.45, 7) is 2.45. The SMILES string of the molecule is CP(C1=Cc2c(cccc2-c2ccccc2)C1)C1=Cc2cccc(-c3ccccc3)c2C1. The van der Waals surface area contributed by atoms with Crippen LogP contribution in [-0.2, 0) is 12.8 Å². The molecule has 0 heterocycles. The number of hydrogen-bond acceptors (Lipinski definition) is 0. The Labute approximate surface area is 191 Å². The van der Waals surface area contributed by atoms with Gasteiger partial charge in [0.25, 0.3) is 0 Å². The fourth-order valence-electron chi connectivity index (χ4n) is 5.07. The maximum absolute atomic E-state index is 2.49. The normalized spacial score (nSPS) is 15.0. The van der Waals surface area contributed by atoms with E-state index in [0.717, 1.165) is 12.8 Å². The summed E-state index contributed by atoms with van der Waals surface area (Å²) in [5.74, 6) is 0. The van der Waals surface area contributed by atoms with E-state index in [9.17, 15) is 0 Å². The van der Waals surface area contributed by atoms with E-state index in [-0.39, 0.29) is 7.92 Å². The number of rotatable bonds is 4. The van der Waals surface area contributed by atoms with Crippen LogP contribution in [0.2, 0.25) is 0 Å². The molecule has 6 rings (SSSR count). The molecule has 0 fully saturated rings. The van der Waals surface area contributed by atoms with Crippen LogP contribution in [0, 0.1) is 0 Å². The molecule has 1 unspecified atom stereocenters.